The van der Waals surface area contributed by atoms with E-state index in [1.807, 2.05) is 20.2 Å². The Morgan fingerprint density at radius 3 is 2.73 bits per heavy atom. The van der Waals surface area contributed by atoms with E-state index in [4.69, 9.17) is 9.47 Å². The Bertz CT molecular complexity index is 1130. The van der Waals surface area contributed by atoms with Crippen LogP contribution in [0.25, 0.3) is 5.52 Å². The first-order valence-electron chi connectivity index (χ1n) is 10.6. The zero-order valence-electron chi connectivity index (χ0n) is 19.8. The fourth-order valence-electron chi connectivity index (χ4n) is 3.83. The number of hydrogen-bond donors (Lipinski definition) is 2. The number of hydrogen-bond acceptors (Lipinski definition) is 9. The van der Waals surface area contributed by atoms with E-state index in [1.54, 1.807) is 54.7 Å². The fourth-order valence-corrected chi connectivity index (χ4v) is 3.83. The molecule has 0 saturated carbocycles. The Morgan fingerprint density at radius 1 is 1.48 bits per heavy atom. The smallest absolute Gasteiger partial charge is 0.307 e. The minimum Gasteiger partial charge on any atom is -0.475 e. The molecule has 2 aromatic rings. The highest BCUT2D eigenvalue weighted by Crippen LogP contribution is 2.43. The molecule has 1 saturated heterocycles. The standard InChI is InChI=1S/C19H27B3N6O5/c1-9(2)17(31)33-19(21,22)15-13(29)14(30)18(6-23,32-15)11-5-10(20)12-16(25-8-27(3)4)24-7-26-28(11)12/h5,7-9,13-15,29-30H,20-22H2,1-4H3/b25-8-/t13-,14+,15?,18-/m0/s1. The summed E-state index contributed by atoms with van der Waals surface area (Å²) in [5.41, 5.74) is -0.536. The first-order valence-corrected chi connectivity index (χ1v) is 10.6. The summed E-state index contributed by atoms with van der Waals surface area (Å²) in [5, 5.41) is 35.0. The lowest BCUT2D eigenvalue weighted by molar-refractivity contribution is -0.163. The van der Waals surface area contributed by atoms with Crippen molar-refractivity contribution in [3.63, 3.8) is 0 Å². The summed E-state index contributed by atoms with van der Waals surface area (Å²) in [6.45, 7) is 3.37. The summed E-state index contributed by atoms with van der Waals surface area (Å²) in [6, 6.07) is 3.67. The summed E-state index contributed by atoms with van der Waals surface area (Å²) >= 11 is 0. The van der Waals surface area contributed by atoms with Gasteiger partial charge in [0.05, 0.1) is 23.4 Å². The van der Waals surface area contributed by atoms with Crippen molar-refractivity contribution < 1.29 is 24.5 Å². The number of aliphatic hydroxyl groups excluding tert-OH is 2. The van der Waals surface area contributed by atoms with Gasteiger partial charge in [0.2, 0.25) is 5.60 Å². The lowest BCUT2D eigenvalue weighted by atomic mass is 9.60. The van der Waals surface area contributed by atoms with Gasteiger partial charge in [0.15, 0.2) is 21.5 Å². The van der Waals surface area contributed by atoms with Crippen molar-refractivity contribution in [1.82, 2.24) is 19.5 Å². The highest BCUT2D eigenvalue weighted by molar-refractivity contribution is 6.40. The topological polar surface area (TPSA) is 146 Å². The number of aliphatic imine (C=N–C) groups is 1. The molecule has 3 rings (SSSR count). The largest absolute Gasteiger partial charge is 0.475 e. The number of carbonyl (C=O) groups excluding carboxylic acids is 1. The average Bonchev–Trinajstić information content (AvgIpc) is 3.22. The first-order chi connectivity index (χ1) is 15.4. The predicted molar refractivity (Wildman–Crippen MR) is 128 cm³/mol. The summed E-state index contributed by atoms with van der Waals surface area (Å²) in [5.74, 6) is -0.519. The van der Waals surface area contributed by atoms with E-state index in [1.165, 1.54) is 10.8 Å². The number of rotatable bonds is 6. The molecule has 1 aliphatic heterocycles. The van der Waals surface area contributed by atoms with Crippen molar-refractivity contribution in [2.45, 2.75) is 43.2 Å². The van der Waals surface area contributed by atoms with E-state index < -0.39 is 41.2 Å². The van der Waals surface area contributed by atoms with Crippen LogP contribution >= 0.6 is 0 Å². The number of carbonyl (C=O) groups is 1. The third-order valence-corrected chi connectivity index (χ3v) is 5.57. The third kappa shape index (κ3) is 4.24. The summed E-state index contributed by atoms with van der Waals surface area (Å²) in [6.07, 6.45) is -1.44. The molecular formula is C19H27B3N6O5. The van der Waals surface area contributed by atoms with Crippen LogP contribution in [0.15, 0.2) is 17.4 Å². The second kappa shape index (κ2) is 8.81. The van der Waals surface area contributed by atoms with Gasteiger partial charge in [-0.15, -0.1) is 0 Å². The number of aliphatic hydroxyl groups is 2. The van der Waals surface area contributed by atoms with Gasteiger partial charge in [0, 0.05) is 14.1 Å². The van der Waals surface area contributed by atoms with Gasteiger partial charge in [0.25, 0.3) is 0 Å². The van der Waals surface area contributed by atoms with Gasteiger partial charge in [-0.1, -0.05) is 19.3 Å². The molecule has 1 fully saturated rings. The Labute approximate surface area is 194 Å². The van der Waals surface area contributed by atoms with Gasteiger partial charge in [-0.2, -0.15) is 10.4 Å². The van der Waals surface area contributed by atoms with Gasteiger partial charge in [0.1, 0.15) is 44.1 Å². The summed E-state index contributed by atoms with van der Waals surface area (Å²) < 4.78 is 13.0. The average molecular weight is 452 g/mol. The van der Waals surface area contributed by atoms with Crippen LogP contribution in [-0.2, 0) is 19.9 Å². The molecule has 33 heavy (non-hydrogen) atoms. The van der Waals surface area contributed by atoms with Crippen molar-refractivity contribution in [3.8, 4) is 6.07 Å². The summed E-state index contributed by atoms with van der Waals surface area (Å²) in [7, 11) is 8.58. The molecule has 172 valence electrons. The molecule has 4 atom stereocenters. The van der Waals surface area contributed by atoms with E-state index >= 15 is 0 Å². The van der Waals surface area contributed by atoms with Gasteiger partial charge >= 0.3 is 5.97 Å². The molecule has 1 unspecified atom stereocenters. The van der Waals surface area contributed by atoms with Crippen LogP contribution in [0.5, 0.6) is 0 Å². The van der Waals surface area contributed by atoms with Crippen LogP contribution in [0, 0.1) is 17.2 Å². The molecule has 11 nitrogen and oxygen atoms in total. The maximum atomic E-state index is 12.2. The molecule has 0 bridgehead atoms. The third-order valence-electron chi connectivity index (χ3n) is 5.57. The number of aromatic nitrogens is 3. The van der Waals surface area contributed by atoms with Crippen LogP contribution in [0.3, 0.4) is 0 Å². The lowest BCUT2D eigenvalue weighted by Crippen LogP contribution is -2.53. The Balaban J connectivity index is 2.11. The number of esters is 1. The molecule has 0 aliphatic carbocycles. The second-order valence-electron chi connectivity index (χ2n) is 9.27. The minimum atomic E-state index is -1.97. The molecule has 2 N–H and O–H groups in total. The predicted octanol–water partition coefficient (Wildman–Crippen LogP) is -3.83. The van der Waals surface area contributed by atoms with Gasteiger partial charge in [-0.05, 0) is 6.07 Å². The first kappa shape index (κ1) is 24.8. The van der Waals surface area contributed by atoms with Crippen LogP contribution in [0.4, 0.5) is 5.82 Å². The molecular weight excluding hydrogens is 425 g/mol. The van der Waals surface area contributed by atoms with E-state index in [-0.39, 0.29) is 5.69 Å². The molecule has 14 heteroatoms. The van der Waals surface area contributed by atoms with E-state index in [2.05, 4.69) is 15.1 Å². The zero-order valence-corrected chi connectivity index (χ0v) is 19.8. The van der Waals surface area contributed by atoms with Crippen molar-refractivity contribution in [2.75, 3.05) is 14.1 Å². The fraction of sp³-hybridized carbons (Fsp3) is 0.526. The van der Waals surface area contributed by atoms with Crippen molar-refractivity contribution in [3.05, 3.63) is 18.1 Å². The number of nitrogens with zero attached hydrogens (tertiary/aromatic N) is 6. The molecule has 0 amide bonds. The Morgan fingerprint density at radius 2 is 2.15 bits per heavy atom. The Kier molecular flexibility index (Phi) is 6.61. The quantitative estimate of drug-likeness (QED) is 0.195. The zero-order chi connectivity index (χ0) is 24.7. The second-order valence-corrected chi connectivity index (χ2v) is 9.27. The van der Waals surface area contributed by atoms with Crippen LogP contribution in [-0.4, -0.2) is 103 Å². The van der Waals surface area contributed by atoms with E-state index in [0.717, 1.165) is 0 Å². The SMILES string of the molecule is Bc1cc([C@]2(C#N)OC(C(B)(B)OC(=O)C(C)C)[C@@H](O)[C@H]2O)n2ncnc(/N=C\N(C)C)c12. The van der Waals surface area contributed by atoms with Gasteiger partial charge < -0.3 is 24.6 Å². The maximum Gasteiger partial charge on any atom is 0.307 e. The normalized spacial score (nSPS) is 25.6. The van der Waals surface area contributed by atoms with Crippen molar-refractivity contribution >= 4 is 52.6 Å². The highest BCUT2D eigenvalue weighted by atomic mass is 16.6. The monoisotopic (exact) mass is 452 g/mol. The summed E-state index contributed by atoms with van der Waals surface area (Å²) in [4.78, 5) is 22.5. The molecule has 3 heterocycles. The number of ether oxygens (including phenoxy) is 2. The molecule has 1 aliphatic rings. The Hall–Kier alpha value is -2.88. The van der Waals surface area contributed by atoms with Gasteiger partial charge in [-0.25, -0.2) is 14.5 Å². The molecule has 0 radical (unpaired) electrons. The van der Waals surface area contributed by atoms with Crippen molar-refractivity contribution in [1.29, 1.82) is 5.26 Å². The maximum absolute atomic E-state index is 12.2. The number of fused-ring (bicyclic) bond motifs is 1. The van der Waals surface area contributed by atoms with E-state index in [0.29, 0.717) is 16.8 Å². The molecule has 0 spiro atoms. The molecule has 2 aromatic heterocycles. The van der Waals surface area contributed by atoms with Crippen LogP contribution in [0.2, 0.25) is 0 Å². The molecule has 0 aromatic carbocycles. The van der Waals surface area contributed by atoms with Crippen LogP contribution < -0.4 is 5.46 Å². The minimum absolute atomic E-state index is 0.209. The lowest BCUT2D eigenvalue weighted by Gasteiger charge is -2.34. The van der Waals surface area contributed by atoms with E-state index in [9.17, 15) is 20.3 Å². The van der Waals surface area contributed by atoms with Gasteiger partial charge in [-0.3, -0.25) is 4.79 Å². The number of nitriles is 1. The van der Waals surface area contributed by atoms with Crippen molar-refractivity contribution in [2.24, 2.45) is 10.9 Å². The van der Waals surface area contributed by atoms with Crippen LogP contribution in [0.1, 0.15) is 19.5 Å². The highest BCUT2D eigenvalue weighted by Gasteiger charge is 2.61.